The molecule has 0 radical (unpaired) electrons. The van der Waals surface area contributed by atoms with Crippen molar-refractivity contribution in [1.82, 2.24) is 5.43 Å². The van der Waals surface area contributed by atoms with E-state index in [2.05, 4.69) is 10.5 Å². The minimum absolute atomic E-state index is 0.161. The lowest BCUT2D eigenvalue weighted by Gasteiger charge is -2.10. The number of hydrogen-bond acceptors (Lipinski definition) is 7. The first-order valence-corrected chi connectivity index (χ1v) is 10.0. The third kappa shape index (κ3) is 6.57. The maximum atomic E-state index is 12.4. The van der Waals surface area contributed by atoms with Crippen LogP contribution >= 0.6 is 0 Å². The summed E-state index contributed by atoms with van der Waals surface area (Å²) >= 11 is 0. The molecule has 0 heterocycles. The summed E-state index contributed by atoms with van der Waals surface area (Å²) < 4.78 is 21.3. The lowest BCUT2D eigenvalue weighted by Crippen LogP contribution is -2.24. The van der Waals surface area contributed by atoms with Crippen molar-refractivity contribution in [3.63, 3.8) is 0 Å². The number of nitrogens with zero attached hydrogens (tertiary/aromatic N) is 1. The van der Waals surface area contributed by atoms with Gasteiger partial charge in [0.25, 0.3) is 5.91 Å². The van der Waals surface area contributed by atoms with E-state index in [4.69, 9.17) is 18.9 Å². The van der Waals surface area contributed by atoms with Crippen LogP contribution in [-0.2, 0) is 4.79 Å². The van der Waals surface area contributed by atoms with Gasteiger partial charge in [0.15, 0.2) is 18.1 Å². The molecular weight excluding hydrogens is 424 g/mol. The fourth-order valence-electron chi connectivity index (χ4n) is 2.81. The van der Waals surface area contributed by atoms with Gasteiger partial charge in [0.05, 0.1) is 26.0 Å². The van der Waals surface area contributed by atoms with Gasteiger partial charge in [0.1, 0.15) is 11.5 Å². The molecule has 0 unspecified atom stereocenters. The van der Waals surface area contributed by atoms with Gasteiger partial charge in [-0.1, -0.05) is 18.2 Å². The highest BCUT2D eigenvalue weighted by atomic mass is 16.6. The van der Waals surface area contributed by atoms with Crippen LogP contribution in [-0.4, -0.2) is 38.9 Å². The van der Waals surface area contributed by atoms with E-state index in [0.29, 0.717) is 28.4 Å². The van der Waals surface area contributed by atoms with Gasteiger partial charge in [-0.2, -0.15) is 5.10 Å². The van der Waals surface area contributed by atoms with Crippen LogP contribution in [0.2, 0.25) is 0 Å². The molecule has 8 nitrogen and oxygen atoms in total. The van der Waals surface area contributed by atoms with Gasteiger partial charge in [0.2, 0.25) is 0 Å². The van der Waals surface area contributed by atoms with Crippen molar-refractivity contribution in [3.8, 4) is 23.0 Å². The summed E-state index contributed by atoms with van der Waals surface area (Å²) in [6.45, 7) is 1.74. The zero-order valence-corrected chi connectivity index (χ0v) is 18.5. The van der Waals surface area contributed by atoms with Gasteiger partial charge >= 0.3 is 5.97 Å². The number of methoxy groups -OCH3 is 2. The number of aryl methyl sites for hydroxylation is 1. The molecule has 3 aromatic rings. The van der Waals surface area contributed by atoms with Gasteiger partial charge in [-0.3, -0.25) is 4.79 Å². The van der Waals surface area contributed by atoms with E-state index in [1.165, 1.54) is 13.3 Å². The third-order valence-electron chi connectivity index (χ3n) is 4.57. The Kier molecular flexibility index (Phi) is 8.02. The molecule has 0 atom stereocenters. The molecule has 33 heavy (non-hydrogen) atoms. The van der Waals surface area contributed by atoms with E-state index < -0.39 is 11.9 Å². The zero-order valence-electron chi connectivity index (χ0n) is 18.5. The number of ether oxygens (including phenoxy) is 4. The molecule has 1 N–H and O–H groups in total. The highest BCUT2D eigenvalue weighted by Gasteiger charge is 2.13. The molecule has 0 aliphatic carbocycles. The second-order valence-electron chi connectivity index (χ2n) is 6.88. The third-order valence-corrected chi connectivity index (χ3v) is 4.57. The first kappa shape index (κ1) is 23.3. The highest BCUT2D eigenvalue weighted by molar-refractivity contribution is 5.92. The van der Waals surface area contributed by atoms with E-state index in [1.807, 2.05) is 25.1 Å². The van der Waals surface area contributed by atoms with E-state index in [0.717, 1.165) is 5.56 Å². The molecule has 0 aliphatic heterocycles. The van der Waals surface area contributed by atoms with Crippen LogP contribution in [0.3, 0.4) is 0 Å². The minimum Gasteiger partial charge on any atom is -0.497 e. The molecule has 0 aliphatic rings. The Morgan fingerprint density at radius 2 is 1.67 bits per heavy atom. The molecular formula is C25H24N2O6. The van der Waals surface area contributed by atoms with Gasteiger partial charge < -0.3 is 18.9 Å². The molecule has 3 rings (SSSR count). The summed E-state index contributed by atoms with van der Waals surface area (Å²) in [6.07, 6.45) is 1.45. The Bertz CT molecular complexity index is 1140. The summed E-state index contributed by atoms with van der Waals surface area (Å²) in [6, 6.07) is 18.9. The highest BCUT2D eigenvalue weighted by Crippen LogP contribution is 2.28. The largest absolute Gasteiger partial charge is 0.497 e. The Balaban J connectivity index is 1.57. The van der Waals surface area contributed by atoms with Crippen molar-refractivity contribution >= 4 is 18.1 Å². The molecule has 3 aromatic carbocycles. The average Bonchev–Trinajstić information content (AvgIpc) is 2.84. The smallest absolute Gasteiger partial charge is 0.343 e. The lowest BCUT2D eigenvalue weighted by atomic mass is 10.2. The maximum Gasteiger partial charge on any atom is 0.343 e. The predicted octanol–water partition coefficient (Wildman–Crippen LogP) is 3.76. The predicted molar refractivity (Wildman–Crippen MR) is 123 cm³/mol. The molecule has 0 spiro atoms. The molecule has 0 bridgehead atoms. The quantitative estimate of drug-likeness (QED) is 0.232. The van der Waals surface area contributed by atoms with Crippen LogP contribution in [0.4, 0.5) is 0 Å². The Labute approximate surface area is 191 Å². The van der Waals surface area contributed by atoms with E-state index >= 15 is 0 Å². The lowest BCUT2D eigenvalue weighted by molar-refractivity contribution is -0.123. The first-order chi connectivity index (χ1) is 16.0. The number of carbonyl (C=O) groups excluding carboxylic acids is 2. The van der Waals surface area contributed by atoms with Crippen molar-refractivity contribution in [2.24, 2.45) is 5.10 Å². The van der Waals surface area contributed by atoms with Gasteiger partial charge in [-0.15, -0.1) is 0 Å². The summed E-state index contributed by atoms with van der Waals surface area (Å²) in [5.74, 6) is 0.953. The van der Waals surface area contributed by atoms with Crippen molar-refractivity contribution < 1.29 is 28.5 Å². The fraction of sp³-hybridized carbons (Fsp3) is 0.160. The van der Waals surface area contributed by atoms with E-state index in [9.17, 15) is 9.59 Å². The molecule has 0 saturated heterocycles. The van der Waals surface area contributed by atoms with Gasteiger partial charge in [-0.05, 0) is 66.6 Å². The van der Waals surface area contributed by atoms with Crippen LogP contribution in [0, 0.1) is 6.92 Å². The summed E-state index contributed by atoms with van der Waals surface area (Å²) in [7, 11) is 3.01. The number of benzene rings is 3. The van der Waals surface area contributed by atoms with Crippen molar-refractivity contribution in [1.29, 1.82) is 0 Å². The maximum absolute atomic E-state index is 12.4. The van der Waals surface area contributed by atoms with Gasteiger partial charge in [0, 0.05) is 0 Å². The number of para-hydroxylation sites is 1. The molecule has 0 fully saturated rings. The van der Waals surface area contributed by atoms with E-state index in [1.54, 1.807) is 55.6 Å². The molecule has 8 heteroatoms. The molecule has 0 saturated carbocycles. The van der Waals surface area contributed by atoms with Crippen LogP contribution < -0.4 is 24.4 Å². The number of hydrogen-bond donors (Lipinski definition) is 1. The van der Waals surface area contributed by atoms with Crippen molar-refractivity contribution in [3.05, 3.63) is 83.4 Å². The van der Waals surface area contributed by atoms with Crippen LogP contribution in [0.5, 0.6) is 23.0 Å². The minimum atomic E-state index is -0.529. The summed E-state index contributed by atoms with van der Waals surface area (Å²) in [5.41, 5.74) is 4.35. The Morgan fingerprint density at radius 1 is 0.909 bits per heavy atom. The second kappa shape index (κ2) is 11.3. The number of nitrogens with one attached hydrogen (secondary N) is 1. The molecule has 0 aromatic heterocycles. The van der Waals surface area contributed by atoms with Crippen molar-refractivity contribution in [2.45, 2.75) is 6.92 Å². The van der Waals surface area contributed by atoms with Gasteiger partial charge in [-0.25, -0.2) is 10.2 Å². The van der Waals surface area contributed by atoms with Crippen molar-refractivity contribution in [2.75, 3.05) is 20.8 Å². The summed E-state index contributed by atoms with van der Waals surface area (Å²) in [5, 5.41) is 3.93. The SMILES string of the molecule is COc1ccc(C(=O)Oc2ccc(/C=N/NC(=O)COc3ccccc3C)cc2OC)cc1. The topological polar surface area (TPSA) is 95.5 Å². The fourth-order valence-corrected chi connectivity index (χ4v) is 2.81. The number of carbonyl (C=O) groups is 2. The zero-order chi connectivity index (χ0) is 23.6. The monoisotopic (exact) mass is 448 g/mol. The van der Waals surface area contributed by atoms with Crippen LogP contribution in [0.1, 0.15) is 21.5 Å². The number of hydrazone groups is 1. The molecule has 1 amide bonds. The van der Waals surface area contributed by atoms with Crippen LogP contribution in [0.25, 0.3) is 0 Å². The van der Waals surface area contributed by atoms with E-state index in [-0.39, 0.29) is 12.4 Å². The normalized spacial score (nSPS) is 10.5. The summed E-state index contributed by atoms with van der Waals surface area (Å²) in [4.78, 5) is 24.3. The molecule has 170 valence electrons. The number of amides is 1. The number of esters is 1. The number of rotatable bonds is 9. The average molecular weight is 448 g/mol. The second-order valence-corrected chi connectivity index (χ2v) is 6.88. The Morgan fingerprint density at radius 3 is 2.36 bits per heavy atom. The first-order valence-electron chi connectivity index (χ1n) is 10.0. The Hall–Kier alpha value is -4.33. The standard InChI is InChI=1S/C25H24N2O6/c1-17-6-4-5-7-21(17)32-16-24(28)27-26-15-18-8-13-22(23(14-18)31-3)33-25(29)19-9-11-20(30-2)12-10-19/h4-15H,16H2,1-3H3,(H,27,28)/b26-15+. The van der Waals surface area contributed by atoms with Crippen LogP contribution in [0.15, 0.2) is 71.8 Å².